The van der Waals surface area contributed by atoms with Gasteiger partial charge in [-0.2, -0.15) is 0 Å². The normalized spacial score (nSPS) is 33.2. The summed E-state index contributed by atoms with van der Waals surface area (Å²) in [7, 11) is 5.91. The van der Waals surface area contributed by atoms with Crippen molar-refractivity contribution in [3.05, 3.63) is 0 Å². The van der Waals surface area contributed by atoms with Crippen LogP contribution in [0.2, 0.25) is 0 Å². The lowest BCUT2D eigenvalue weighted by Gasteiger charge is -2.39. The highest BCUT2D eigenvalue weighted by molar-refractivity contribution is 5.79. The minimum Gasteiger partial charge on any atom is -0.417 e. The Morgan fingerprint density at radius 2 is 0.698 bits per heavy atom. The van der Waals surface area contributed by atoms with Gasteiger partial charge in [0.15, 0.2) is 0 Å². The molecule has 0 saturated carbocycles. The largest absolute Gasteiger partial charge is 0.417 e. The number of carbonyl (C=O) groups is 4. The first-order valence-electron chi connectivity index (χ1n) is 19.4. The molecule has 53 heavy (non-hydrogen) atoms. The summed E-state index contributed by atoms with van der Waals surface area (Å²) in [6, 6.07) is 0. The Morgan fingerprint density at radius 3 is 0.887 bits per heavy atom. The van der Waals surface area contributed by atoms with E-state index in [9.17, 15) is 19.2 Å². The van der Waals surface area contributed by atoms with Gasteiger partial charge in [0.25, 0.3) is 0 Å². The van der Waals surface area contributed by atoms with E-state index in [1.807, 2.05) is 90.4 Å². The van der Waals surface area contributed by atoms with Gasteiger partial charge in [-0.25, -0.2) is 0 Å². The number of esters is 4. The van der Waals surface area contributed by atoms with E-state index in [-0.39, 0.29) is 22.2 Å². The summed E-state index contributed by atoms with van der Waals surface area (Å²) in [6.07, 6.45) is -1.82. The standard InChI is InChI=1S/C41H72N4O8/c1-34(2)20-24(38(9,10)42-34)28(46)50-32(51-29(47)25-21-35(3,4)43(17)39(25,11)12)33(52-30(48)26-22-36(5,6)44(18)40(26,13)14)53-31(49)27-23-37(7,8)45(19)41(27,15)16/h24-27,32-33,42H,20-23H2,1-19H3. The number of carbonyl (C=O) groups excluding carboxylic acids is 4. The maximum Gasteiger partial charge on any atom is 0.320 e. The molecule has 4 heterocycles. The third kappa shape index (κ3) is 7.90. The van der Waals surface area contributed by atoms with Gasteiger partial charge in [-0.15, -0.1) is 0 Å². The SMILES string of the molecule is CN1C(C)(C)CC(C(=O)OC(OC(=O)C2CC(C)(C)NC2(C)C)C(OC(=O)C2CC(C)(C)N(C)C2(C)C)OC(=O)C2CC(C)(C)N(C)C2(C)C)C1(C)C. The fraction of sp³-hybridized carbons (Fsp3) is 0.902. The van der Waals surface area contributed by atoms with Crippen LogP contribution >= 0.6 is 0 Å². The first-order chi connectivity index (χ1) is 23.6. The van der Waals surface area contributed by atoms with Crippen LogP contribution in [0.5, 0.6) is 0 Å². The van der Waals surface area contributed by atoms with Crippen LogP contribution in [0.3, 0.4) is 0 Å². The van der Waals surface area contributed by atoms with Crippen LogP contribution in [-0.2, 0) is 38.1 Å². The highest BCUT2D eigenvalue weighted by atomic mass is 16.8. The fourth-order valence-corrected chi connectivity index (χ4v) is 10.0. The summed E-state index contributed by atoms with van der Waals surface area (Å²) in [5, 5.41) is 3.50. The second kappa shape index (κ2) is 13.4. The summed E-state index contributed by atoms with van der Waals surface area (Å²) in [6.45, 7) is 32.1. The Kier molecular flexibility index (Phi) is 11.0. The molecule has 0 amide bonds. The van der Waals surface area contributed by atoms with Crippen LogP contribution in [0.15, 0.2) is 0 Å². The average molecular weight is 749 g/mol. The zero-order chi connectivity index (χ0) is 40.9. The molecule has 4 rings (SSSR count). The predicted molar refractivity (Wildman–Crippen MR) is 203 cm³/mol. The van der Waals surface area contributed by atoms with E-state index in [2.05, 4.69) is 61.6 Å². The molecular weight excluding hydrogens is 676 g/mol. The van der Waals surface area contributed by atoms with Gasteiger partial charge >= 0.3 is 36.5 Å². The molecule has 4 aliphatic rings. The first-order valence-corrected chi connectivity index (χ1v) is 19.4. The quantitative estimate of drug-likeness (QED) is 0.236. The maximum atomic E-state index is 14.4. The van der Waals surface area contributed by atoms with Crippen molar-refractivity contribution in [3.8, 4) is 0 Å². The number of likely N-dealkylation sites (tertiary alicyclic amines) is 3. The second-order valence-electron chi connectivity index (χ2n) is 21.3. The summed E-state index contributed by atoms with van der Waals surface area (Å²) >= 11 is 0. The Balaban J connectivity index is 1.78. The topological polar surface area (TPSA) is 127 Å². The van der Waals surface area contributed by atoms with Gasteiger partial charge in [-0.05, 0) is 158 Å². The molecule has 0 aliphatic carbocycles. The van der Waals surface area contributed by atoms with Crippen molar-refractivity contribution >= 4 is 23.9 Å². The van der Waals surface area contributed by atoms with Crippen LogP contribution in [0.25, 0.3) is 0 Å². The molecule has 4 aliphatic heterocycles. The predicted octanol–water partition coefficient (Wildman–Crippen LogP) is 5.50. The second-order valence-corrected chi connectivity index (χ2v) is 21.3. The van der Waals surface area contributed by atoms with Crippen LogP contribution in [0.4, 0.5) is 0 Å². The molecule has 12 heteroatoms. The van der Waals surface area contributed by atoms with Gasteiger partial charge in [0.05, 0.1) is 23.7 Å². The molecule has 304 valence electrons. The lowest BCUT2D eigenvalue weighted by Crippen LogP contribution is -2.52. The van der Waals surface area contributed by atoms with E-state index in [1.54, 1.807) is 0 Å². The smallest absolute Gasteiger partial charge is 0.320 e. The van der Waals surface area contributed by atoms with Crippen molar-refractivity contribution in [2.24, 2.45) is 23.7 Å². The monoisotopic (exact) mass is 749 g/mol. The molecule has 0 aromatic rings. The molecule has 4 saturated heterocycles. The lowest BCUT2D eigenvalue weighted by molar-refractivity contribution is -0.267. The first kappa shape index (κ1) is 43.4. The highest BCUT2D eigenvalue weighted by Crippen LogP contribution is 2.47. The van der Waals surface area contributed by atoms with Crippen molar-refractivity contribution in [2.45, 2.75) is 193 Å². The fourth-order valence-electron chi connectivity index (χ4n) is 10.0. The third-order valence-corrected chi connectivity index (χ3v) is 14.5. The van der Waals surface area contributed by atoms with Crippen molar-refractivity contribution in [1.82, 2.24) is 20.0 Å². The van der Waals surface area contributed by atoms with Crippen molar-refractivity contribution < 1.29 is 38.1 Å². The molecule has 1 N–H and O–H groups in total. The number of hydrogen-bond acceptors (Lipinski definition) is 12. The summed E-state index contributed by atoms with van der Waals surface area (Å²) in [5.74, 6) is -5.02. The van der Waals surface area contributed by atoms with Crippen LogP contribution in [0, 0.1) is 23.7 Å². The summed E-state index contributed by atoms with van der Waals surface area (Å²) in [5.41, 5.74) is -3.88. The van der Waals surface area contributed by atoms with Gasteiger partial charge in [0.2, 0.25) is 0 Å². The highest BCUT2D eigenvalue weighted by Gasteiger charge is 2.58. The molecule has 0 aromatic carbocycles. The van der Waals surface area contributed by atoms with Crippen LogP contribution < -0.4 is 5.32 Å². The maximum absolute atomic E-state index is 14.4. The minimum atomic E-state index is -1.85. The van der Waals surface area contributed by atoms with Gasteiger partial charge in [0, 0.05) is 44.3 Å². The van der Waals surface area contributed by atoms with E-state index >= 15 is 0 Å². The molecule has 0 bridgehead atoms. The van der Waals surface area contributed by atoms with Crippen LogP contribution in [0.1, 0.15) is 136 Å². The van der Waals surface area contributed by atoms with E-state index < -0.39 is 82.3 Å². The molecule has 0 spiro atoms. The van der Waals surface area contributed by atoms with Crippen molar-refractivity contribution in [2.75, 3.05) is 21.1 Å². The van der Waals surface area contributed by atoms with Crippen LogP contribution in [-0.4, -0.2) is 117 Å². The Labute approximate surface area is 319 Å². The van der Waals surface area contributed by atoms with E-state index in [0.717, 1.165) is 0 Å². The molecule has 0 radical (unpaired) electrons. The zero-order valence-electron chi connectivity index (χ0n) is 36.4. The van der Waals surface area contributed by atoms with Crippen molar-refractivity contribution in [3.63, 3.8) is 0 Å². The average Bonchev–Trinajstić information content (AvgIpc) is 3.48. The van der Waals surface area contributed by atoms with E-state index in [0.29, 0.717) is 25.7 Å². The number of hydrogen-bond donors (Lipinski definition) is 1. The lowest BCUT2D eigenvalue weighted by atomic mass is 9.87. The minimum absolute atomic E-state index is 0.331. The number of ether oxygens (including phenoxy) is 4. The van der Waals surface area contributed by atoms with E-state index in [4.69, 9.17) is 18.9 Å². The number of nitrogens with one attached hydrogen (secondary N) is 1. The number of rotatable bonds is 9. The molecule has 5 unspecified atom stereocenters. The summed E-state index contributed by atoms with van der Waals surface area (Å²) in [4.78, 5) is 63.7. The molecular formula is C41H72N4O8. The molecule has 12 nitrogen and oxygen atoms in total. The van der Waals surface area contributed by atoms with Gasteiger partial charge < -0.3 is 24.3 Å². The van der Waals surface area contributed by atoms with Gasteiger partial charge in [-0.3, -0.25) is 33.9 Å². The van der Waals surface area contributed by atoms with Gasteiger partial charge in [-0.1, -0.05) is 0 Å². The molecule has 5 atom stereocenters. The Hall–Kier alpha value is -2.28. The van der Waals surface area contributed by atoms with Crippen molar-refractivity contribution in [1.29, 1.82) is 0 Å². The Bertz CT molecular complexity index is 1410. The molecule has 4 fully saturated rings. The zero-order valence-corrected chi connectivity index (χ0v) is 36.4. The molecule has 0 aromatic heterocycles. The van der Waals surface area contributed by atoms with Gasteiger partial charge in [0.1, 0.15) is 0 Å². The Morgan fingerprint density at radius 1 is 0.453 bits per heavy atom. The number of nitrogens with zero attached hydrogens (tertiary/aromatic N) is 3. The summed E-state index contributed by atoms with van der Waals surface area (Å²) < 4.78 is 24.7. The third-order valence-electron chi connectivity index (χ3n) is 14.5. The van der Waals surface area contributed by atoms with E-state index in [1.165, 1.54) is 0 Å².